The Morgan fingerprint density at radius 1 is 1.15 bits per heavy atom. The molecule has 0 atom stereocenters. The molecule has 1 aromatic heterocycles. The predicted octanol–water partition coefficient (Wildman–Crippen LogP) is 3.75. The van der Waals surface area contributed by atoms with Crippen molar-refractivity contribution in [3.8, 4) is 0 Å². The van der Waals surface area contributed by atoms with Crippen LogP contribution >= 0.6 is 11.6 Å². The maximum absolute atomic E-state index is 12.7. The third-order valence-corrected chi connectivity index (χ3v) is 5.34. The molecule has 27 heavy (non-hydrogen) atoms. The largest absolute Gasteiger partial charge is 0.367 e. The zero-order chi connectivity index (χ0) is 18.8. The van der Waals surface area contributed by atoms with Gasteiger partial charge in [-0.1, -0.05) is 29.8 Å². The number of H-pyrrole nitrogens is 1. The van der Waals surface area contributed by atoms with E-state index in [1.165, 1.54) is 0 Å². The number of aromatic nitrogens is 1. The van der Waals surface area contributed by atoms with Crippen molar-refractivity contribution in [2.75, 3.05) is 43.4 Å². The molecule has 0 saturated carbocycles. The van der Waals surface area contributed by atoms with Crippen LogP contribution in [0.3, 0.4) is 0 Å². The van der Waals surface area contributed by atoms with Crippen molar-refractivity contribution >= 4 is 39.8 Å². The zero-order valence-electron chi connectivity index (χ0n) is 15.3. The van der Waals surface area contributed by atoms with Gasteiger partial charge in [0.2, 0.25) is 5.91 Å². The summed E-state index contributed by atoms with van der Waals surface area (Å²) in [5, 5.41) is 4.77. The summed E-state index contributed by atoms with van der Waals surface area (Å²) in [6.07, 6.45) is 2.22. The van der Waals surface area contributed by atoms with Crippen LogP contribution in [-0.2, 0) is 11.2 Å². The van der Waals surface area contributed by atoms with E-state index in [0.717, 1.165) is 54.0 Å². The van der Waals surface area contributed by atoms with Crippen molar-refractivity contribution in [3.05, 3.63) is 59.2 Å². The number of benzene rings is 2. The SMILES string of the molecule is CN1CCN(c2ccc(Cl)cc2NC(=O)Cc2c[nH]c3ccccc23)CC1. The lowest BCUT2D eigenvalue weighted by Crippen LogP contribution is -2.44. The van der Waals surface area contributed by atoms with Gasteiger partial charge in [0, 0.05) is 48.3 Å². The van der Waals surface area contributed by atoms with Gasteiger partial charge in [0.15, 0.2) is 0 Å². The maximum Gasteiger partial charge on any atom is 0.228 e. The Labute approximate surface area is 163 Å². The predicted molar refractivity (Wildman–Crippen MR) is 112 cm³/mol. The lowest BCUT2D eigenvalue weighted by molar-refractivity contribution is -0.115. The standard InChI is InChI=1S/C21H23ClN4O/c1-25-8-10-26(11-9-25)20-7-6-16(22)13-19(20)24-21(27)12-15-14-23-18-5-3-2-4-17(15)18/h2-7,13-14,23H,8-12H2,1H3,(H,24,27). The minimum atomic E-state index is -0.0441. The molecule has 6 heteroatoms. The number of halogens is 1. The highest BCUT2D eigenvalue weighted by Gasteiger charge is 2.19. The summed E-state index contributed by atoms with van der Waals surface area (Å²) < 4.78 is 0. The molecule has 4 rings (SSSR count). The fourth-order valence-electron chi connectivity index (χ4n) is 3.58. The number of nitrogens with one attached hydrogen (secondary N) is 2. The molecule has 1 saturated heterocycles. The number of rotatable bonds is 4. The molecule has 1 amide bonds. The first-order valence-corrected chi connectivity index (χ1v) is 9.56. The first-order valence-electron chi connectivity index (χ1n) is 9.18. The molecule has 1 fully saturated rings. The number of likely N-dealkylation sites (N-methyl/N-ethyl adjacent to an activating group) is 1. The lowest BCUT2D eigenvalue weighted by Gasteiger charge is -2.35. The van der Waals surface area contributed by atoms with E-state index >= 15 is 0 Å². The smallest absolute Gasteiger partial charge is 0.228 e. The van der Waals surface area contributed by atoms with E-state index in [-0.39, 0.29) is 5.91 Å². The van der Waals surface area contributed by atoms with Crippen molar-refractivity contribution in [3.63, 3.8) is 0 Å². The minimum absolute atomic E-state index is 0.0441. The van der Waals surface area contributed by atoms with E-state index in [0.29, 0.717) is 11.4 Å². The number of piperazine rings is 1. The van der Waals surface area contributed by atoms with Crippen LogP contribution in [0.5, 0.6) is 0 Å². The summed E-state index contributed by atoms with van der Waals surface area (Å²) in [6, 6.07) is 13.7. The average Bonchev–Trinajstić information content (AvgIpc) is 3.06. The summed E-state index contributed by atoms with van der Waals surface area (Å²) in [5.41, 5.74) is 3.84. The number of para-hydroxylation sites is 1. The molecule has 0 aliphatic carbocycles. The second kappa shape index (κ2) is 7.62. The Balaban J connectivity index is 1.53. The maximum atomic E-state index is 12.7. The fraction of sp³-hybridized carbons (Fsp3) is 0.286. The molecule has 140 valence electrons. The van der Waals surface area contributed by atoms with Gasteiger partial charge in [-0.3, -0.25) is 4.79 Å². The van der Waals surface area contributed by atoms with Gasteiger partial charge in [0.05, 0.1) is 17.8 Å². The monoisotopic (exact) mass is 382 g/mol. The van der Waals surface area contributed by atoms with Crippen LogP contribution in [-0.4, -0.2) is 49.0 Å². The molecule has 1 aliphatic heterocycles. The number of nitrogens with zero attached hydrogens (tertiary/aromatic N) is 2. The Hall–Kier alpha value is -2.50. The quantitative estimate of drug-likeness (QED) is 0.722. The Morgan fingerprint density at radius 2 is 1.93 bits per heavy atom. The molecule has 0 spiro atoms. The van der Waals surface area contributed by atoms with Gasteiger partial charge in [-0.2, -0.15) is 0 Å². The minimum Gasteiger partial charge on any atom is -0.367 e. The van der Waals surface area contributed by atoms with Gasteiger partial charge in [-0.25, -0.2) is 0 Å². The highest BCUT2D eigenvalue weighted by Crippen LogP contribution is 2.30. The van der Waals surface area contributed by atoms with E-state index < -0.39 is 0 Å². The van der Waals surface area contributed by atoms with Crippen LogP contribution in [0.25, 0.3) is 10.9 Å². The van der Waals surface area contributed by atoms with E-state index in [1.807, 2.05) is 48.7 Å². The summed E-state index contributed by atoms with van der Waals surface area (Å²) in [7, 11) is 2.13. The van der Waals surface area contributed by atoms with Crippen LogP contribution in [0, 0.1) is 0 Å². The molecule has 0 bridgehead atoms. The van der Waals surface area contributed by atoms with Crippen LogP contribution in [0.4, 0.5) is 11.4 Å². The molecular formula is C21H23ClN4O. The van der Waals surface area contributed by atoms with Gasteiger partial charge < -0.3 is 20.1 Å². The first kappa shape index (κ1) is 17.9. The number of fused-ring (bicyclic) bond motifs is 1. The molecule has 2 aromatic carbocycles. The van der Waals surface area contributed by atoms with Crippen molar-refractivity contribution in [2.45, 2.75) is 6.42 Å². The van der Waals surface area contributed by atoms with Gasteiger partial charge in [-0.05, 0) is 36.9 Å². The van der Waals surface area contributed by atoms with Gasteiger partial charge in [0.25, 0.3) is 0 Å². The summed E-state index contributed by atoms with van der Waals surface area (Å²) in [4.78, 5) is 20.6. The molecule has 0 unspecified atom stereocenters. The van der Waals surface area contributed by atoms with Crippen molar-refractivity contribution in [1.82, 2.24) is 9.88 Å². The summed E-state index contributed by atoms with van der Waals surface area (Å²) >= 11 is 6.20. The third-order valence-electron chi connectivity index (χ3n) is 5.10. The number of amides is 1. The molecular weight excluding hydrogens is 360 g/mol. The molecule has 3 aromatic rings. The van der Waals surface area contributed by atoms with Crippen LogP contribution in [0.15, 0.2) is 48.7 Å². The molecule has 2 N–H and O–H groups in total. The number of carbonyl (C=O) groups excluding carboxylic acids is 1. The zero-order valence-corrected chi connectivity index (χ0v) is 16.1. The number of hydrogen-bond acceptors (Lipinski definition) is 3. The third kappa shape index (κ3) is 3.94. The molecule has 1 aliphatic rings. The highest BCUT2D eigenvalue weighted by molar-refractivity contribution is 6.31. The fourth-order valence-corrected chi connectivity index (χ4v) is 3.75. The lowest BCUT2D eigenvalue weighted by atomic mass is 10.1. The normalized spacial score (nSPS) is 15.3. The Kier molecular flexibility index (Phi) is 5.05. The van der Waals surface area contributed by atoms with Crippen LogP contribution in [0.1, 0.15) is 5.56 Å². The van der Waals surface area contributed by atoms with Crippen molar-refractivity contribution in [1.29, 1.82) is 0 Å². The second-order valence-electron chi connectivity index (χ2n) is 7.04. The second-order valence-corrected chi connectivity index (χ2v) is 7.47. The Morgan fingerprint density at radius 3 is 2.74 bits per heavy atom. The molecule has 0 radical (unpaired) electrons. The van der Waals surface area contributed by atoms with Crippen LogP contribution < -0.4 is 10.2 Å². The van der Waals surface area contributed by atoms with Crippen LogP contribution in [0.2, 0.25) is 5.02 Å². The molecule has 2 heterocycles. The van der Waals surface area contributed by atoms with Gasteiger partial charge in [0.1, 0.15) is 0 Å². The first-order chi connectivity index (χ1) is 13.1. The topological polar surface area (TPSA) is 51.4 Å². The van der Waals surface area contributed by atoms with Crippen molar-refractivity contribution < 1.29 is 4.79 Å². The molecule has 5 nitrogen and oxygen atoms in total. The number of hydrogen-bond donors (Lipinski definition) is 2. The van der Waals surface area contributed by atoms with Gasteiger partial charge in [-0.15, -0.1) is 0 Å². The van der Waals surface area contributed by atoms with Gasteiger partial charge >= 0.3 is 0 Å². The number of anilines is 2. The highest BCUT2D eigenvalue weighted by atomic mass is 35.5. The summed E-state index contributed by atoms with van der Waals surface area (Å²) in [5.74, 6) is -0.0441. The van der Waals surface area contributed by atoms with E-state index in [1.54, 1.807) is 0 Å². The average molecular weight is 383 g/mol. The van der Waals surface area contributed by atoms with E-state index in [2.05, 4.69) is 27.1 Å². The Bertz CT molecular complexity index is 960. The number of aromatic amines is 1. The van der Waals surface area contributed by atoms with E-state index in [9.17, 15) is 4.79 Å². The van der Waals surface area contributed by atoms with E-state index in [4.69, 9.17) is 11.6 Å². The van der Waals surface area contributed by atoms with Crippen molar-refractivity contribution in [2.24, 2.45) is 0 Å². The number of carbonyl (C=O) groups is 1. The summed E-state index contributed by atoms with van der Waals surface area (Å²) in [6.45, 7) is 3.88.